The van der Waals surface area contributed by atoms with Crippen LogP contribution in [-0.4, -0.2) is 24.0 Å². The molecule has 0 atom stereocenters. The summed E-state index contributed by atoms with van der Waals surface area (Å²) in [5.41, 5.74) is 0.634. The highest BCUT2D eigenvalue weighted by Gasteiger charge is 2.16. The average Bonchev–Trinajstić information content (AvgIpc) is 2.40. The van der Waals surface area contributed by atoms with Gasteiger partial charge in [0.25, 0.3) is 5.91 Å². The van der Waals surface area contributed by atoms with E-state index in [2.05, 4.69) is 15.6 Å². The van der Waals surface area contributed by atoms with Gasteiger partial charge in [-0.25, -0.2) is 4.98 Å². The molecule has 92 valence electrons. The molecule has 0 radical (unpaired) electrons. The first-order chi connectivity index (χ1) is 8.29. The van der Waals surface area contributed by atoms with Crippen molar-refractivity contribution in [3.8, 4) is 0 Å². The molecule has 1 aromatic rings. The smallest absolute Gasteiger partial charge is 0.253 e. The summed E-state index contributed by atoms with van der Waals surface area (Å²) in [7, 11) is 1.81. The summed E-state index contributed by atoms with van der Waals surface area (Å²) in [6, 6.07) is 3.97. The van der Waals surface area contributed by atoms with Gasteiger partial charge in [0.15, 0.2) is 0 Å². The maximum absolute atomic E-state index is 11.9. The van der Waals surface area contributed by atoms with Crippen LogP contribution in [0.15, 0.2) is 18.3 Å². The molecule has 2 rings (SSSR count). The third-order valence-corrected chi connectivity index (χ3v) is 3.22. The van der Waals surface area contributed by atoms with E-state index in [4.69, 9.17) is 0 Å². The van der Waals surface area contributed by atoms with Crippen molar-refractivity contribution in [2.45, 2.75) is 38.1 Å². The number of hydrogen-bond donors (Lipinski definition) is 2. The van der Waals surface area contributed by atoms with Gasteiger partial charge in [0.1, 0.15) is 5.82 Å². The van der Waals surface area contributed by atoms with Gasteiger partial charge in [0.2, 0.25) is 0 Å². The van der Waals surface area contributed by atoms with Crippen molar-refractivity contribution in [1.29, 1.82) is 0 Å². The van der Waals surface area contributed by atoms with Crippen molar-refractivity contribution >= 4 is 11.7 Å². The summed E-state index contributed by atoms with van der Waals surface area (Å²) in [6.07, 6.45) is 7.57. The van der Waals surface area contributed by atoms with Crippen LogP contribution >= 0.6 is 0 Å². The highest BCUT2D eigenvalue weighted by atomic mass is 16.1. The number of aromatic nitrogens is 1. The zero-order valence-electron chi connectivity index (χ0n) is 10.2. The van der Waals surface area contributed by atoms with E-state index in [9.17, 15) is 4.79 Å². The molecule has 0 spiro atoms. The summed E-state index contributed by atoms with van der Waals surface area (Å²) in [5.74, 6) is 0.770. The third-order valence-electron chi connectivity index (χ3n) is 3.22. The number of nitrogens with one attached hydrogen (secondary N) is 2. The van der Waals surface area contributed by atoms with Gasteiger partial charge < -0.3 is 10.6 Å². The fourth-order valence-corrected chi connectivity index (χ4v) is 2.19. The van der Waals surface area contributed by atoms with E-state index in [1.54, 1.807) is 12.3 Å². The van der Waals surface area contributed by atoms with E-state index >= 15 is 0 Å². The molecule has 1 aliphatic carbocycles. The number of amides is 1. The Balaban J connectivity index is 1.93. The topological polar surface area (TPSA) is 54.0 Å². The molecule has 0 aromatic carbocycles. The molecular weight excluding hydrogens is 214 g/mol. The van der Waals surface area contributed by atoms with Crippen molar-refractivity contribution in [3.63, 3.8) is 0 Å². The molecule has 2 N–H and O–H groups in total. The molecule has 0 unspecified atom stereocenters. The molecule has 0 saturated heterocycles. The molecule has 1 aromatic heterocycles. The molecule has 1 aliphatic rings. The van der Waals surface area contributed by atoms with Gasteiger partial charge in [0.05, 0.1) is 5.56 Å². The lowest BCUT2D eigenvalue weighted by Gasteiger charge is -2.22. The van der Waals surface area contributed by atoms with Crippen molar-refractivity contribution in [2.75, 3.05) is 12.4 Å². The Hall–Kier alpha value is -1.58. The van der Waals surface area contributed by atoms with Gasteiger partial charge in [-0.15, -0.1) is 0 Å². The van der Waals surface area contributed by atoms with Crippen LogP contribution in [0.2, 0.25) is 0 Å². The maximum atomic E-state index is 11.9. The Morgan fingerprint density at radius 1 is 1.29 bits per heavy atom. The van der Waals surface area contributed by atoms with Crippen LogP contribution in [0.3, 0.4) is 0 Å². The standard InChI is InChI=1S/C13H19N3O/c1-14-12-8-7-10(9-15-12)13(17)16-11-5-3-2-4-6-11/h7-9,11H,2-6H2,1H3,(H,14,15)(H,16,17). The quantitative estimate of drug-likeness (QED) is 0.841. The highest BCUT2D eigenvalue weighted by Crippen LogP contribution is 2.17. The van der Waals surface area contributed by atoms with E-state index in [0.29, 0.717) is 11.6 Å². The van der Waals surface area contributed by atoms with Crippen LogP contribution in [0.25, 0.3) is 0 Å². The number of hydrogen-bond acceptors (Lipinski definition) is 3. The second-order valence-corrected chi connectivity index (χ2v) is 4.49. The van der Waals surface area contributed by atoms with Crippen molar-refractivity contribution in [3.05, 3.63) is 23.9 Å². The van der Waals surface area contributed by atoms with Crippen molar-refractivity contribution in [2.24, 2.45) is 0 Å². The zero-order valence-corrected chi connectivity index (χ0v) is 10.2. The van der Waals surface area contributed by atoms with Gasteiger partial charge in [-0.05, 0) is 25.0 Å². The minimum absolute atomic E-state index is 0.00736. The molecule has 0 bridgehead atoms. The first-order valence-corrected chi connectivity index (χ1v) is 6.24. The predicted octanol–water partition coefficient (Wildman–Crippen LogP) is 2.19. The highest BCUT2D eigenvalue weighted by molar-refractivity contribution is 5.94. The van der Waals surface area contributed by atoms with Gasteiger partial charge in [0, 0.05) is 19.3 Å². The van der Waals surface area contributed by atoms with Crippen molar-refractivity contribution in [1.82, 2.24) is 10.3 Å². The second kappa shape index (κ2) is 5.66. The number of carbonyl (C=O) groups excluding carboxylic acids is 1. The minimum Gasteiger partial charge on any atom is -0.373 e. The van der Waals surface area contributed by atoms with Crippen LogP contribution in [-0.2, 0) is 0 Å². The molecule has 4 nitrogen and oxygen atoms in total. The predicted molar refractivity (Wildman–Crippen MR) is 68.1 cm³/mol. The van der Waals surface area contributed by atoms with Gasteiger partial charge in [-0.3, -0.25) is 4.79 Å². The van der Waals surface area contributed by atoms with Crippen LogP contribution < -0.4 is 10.6 Å². The number of anilines is 1. The molecule has 4 heteroatoms. The van der Waals surface area contributed by atoms with Gasteiger partial charge >= 0.3 is 0 Å². The first-order valence-electron chi connectivity index (χ1n) is 6.24. The summed E-state index contributed by atoms with van der Waals surface area (Å²) >= 11 is 0. The molecular formula is C13H19N3O. The summed E-state index contributed by atoms with van der Waals surface area (Å²) in [4.78, 5) is 16.1. The molecule has 1 saturated carbocycles. The minimum atomic E-state index is -0.00736. The normalized spacial score (nSPS) is 16.5. The average molecular weight is 233 g/mol. The number of rotatable bonds is 3. The largest absolute Gasteiger partial charge is 0.373 e. The van der Waals surface area contributed by atoms with E-state index in [1.165, 1.54) is 19.3 Å². The van der Waals surface area contributed by atoms with E-state index in [1.807, 2.05) is 13.1 Å². The van der Waals surface area contributed by atoms with E-state index in [0.717, 1.165) is 18.7 Å². The lowest BCUT2D eigenvalue weighted by Crippen LogP contribution is -2.36. The van der Waals surface area contributed by atoms with Crippen LogP contribution in [0.1, 0.15) is 42.5 Å². The van der Waals surface area contributed by atoms with Crippen LogP contribution in [0.4, 0.5) is 5.82 Å². The molecule has 1 fully saturated rings. The van der Waals surface area contributed by atoms with Gasteiger partial charge in [-0.2, -0.15) is 0 Å². The summed E-state index contributed by atoms with van der Waals surface area (Å²) in [5, 5.41) is 6.00. The lowest BCUT2D eigenvalue weighted by molar-refractivity contribution is 0.0927. The molecule has 1 amide bonds. The Kier molecular flexibility index (Phi) is 3.96. The Labute approximate surface area is 102 Å². The Morgan fingerprint density at radius 3 is 2.65 bits per heavy atom. The fourth-order valence-electron chi connectivity index (χ4n) is 2.19. The van der Waals surface area contributed by atoms with Crippen LogP contribution in [0, 0.1) is 0 Å². The maximum Gasteiger partial charge on any atom is 0.253 e. The Morgan fingerprint density at radius 2 is 2.06 bits per heavy atom. The van der Waals surface area contributed by atoms with Crippen LogP contribution in [0.5, 0.6) is 0 Å². The van der Waals surface area contributed by atoms with Crippen molar-refractivity contribution < 1.29 is 4.79 Å². The van der Waals surface area contributed by atoms with E-state index in [-0.39, 0.29) is 5.91 Å². The first kappa shape index (κ1) is 11.9. The van der Waals surface area contributed by atoms with E-state index < -0.39 is 0 Å². The number of nitrogens with zero attached hydrogens (tertiary/aromatic N) is 1. The molecule has 0 aliphatic heterocycles. The molecule has 1 heterocycles. The lowest BCUT2D eigenvalue weighted by atomic mass is 9.95. The third kappa shape index (κ3) is 3.19. The number of pyridine rings is 1. The Bertz CT molecular complexity index is 369. The zero-order chi connectivity index (χ0) is 12.1. The number of carbonyl (C=O) groups is 1. The van der Waals surface area contributed by atoms with Gasteiger partial charge in [-0.1, -0.05) is 19.3 Å². The summed E-state index contributed by atoms with van der Waals surface area (Å²) < 4.78 is 0. The second-order valence-electron chi connectivity index (χ2n) is 4.49. The molecule has 17 heavy (non-hydrogen) atoms. The SMILES string of the molecule is CNc1ccc(C(=O)NC2CCCCC2)cn1. The fraction of sp³-hybridized carbons (Fsp3) is 0.538. The summed E-state index contributed by atoms with van der Waals surface area (Å²) in [6.45, 7) is 0. The monoisotopic (exact) mass is 233 g/mol.